The number of Topliss-reactive ketones (excluding diaryl/α,β-unsaturated/α-hetero) is 2. The van der Waals surface area contributed by atoms with E-state index in [1.807, 2.05) is 0 Å². The largest absolute Gasteiger partial charge is 0.481 e. The lowest BCUT2D eigenvalue weighted by molar-refractivity contribution is -0.385. The lowest BCUT2D eigenvalue weighted by atomic mass is 9.97. The Labute approximate surface area is 186 Å². The molecule has 0 aliphatic heterocycles. The van der Waals surface area contributed by atoms with E-state index in [0.717, 1.165) is 4.47 Å². The van der Waals surface area contributed by atoms with E-state index in [0.29, 0.717) is 5.56 Å². The van der Waals surface area contributed by atoms with E-state index < -0.39 is 28.6 Å². The lowest BCUT2D eigenvalue weighted by Gasteiger charge is -2.07. The number of carbonyl (C=O) groups is 4. The first-order valence-electron chi connectivity index (χ1n) is 9.03. The number of nitrogens with zero attached hydrogens (tertiary/aromatic N) is 1. The van der Waals surface area contributed by atoms with Crippen molar-refractivity contribution in [3.05, 3.63) is 74.2 Å². The lowest BCUT2D eigenvalue weighted by Crippen LogP contribution is -2.15. The van der Waals surface area contributed by atoms with Gasteiger partial charge >= 0.3 is 11.9 Å². The Kier molecular flexibility index (Phi) is 10.2. The van der Waals surface area contributed by atoms with Crippen molar-refractivity contribution in [1.29, 1.82) is 0 Å². The standard InChI is InChI=1S/C11H11BrO3.C10H9NO5/c1-7(6-10(13)14)11(15)8-2-4-9(12)5-3-8;12-9(5-6-10(13)14)7-3-1-2-4-8(7)11(15)16/h2-5,7H,6H2,1H3,(H,13,14);1-4H,5-6H2,(H,13,14). The van der Waals surface area contributed by atoms with E-state index in [4.69, 9.17) is 10.2 Å². The fourth-order valence-corrected chi connectivity index (χ4v) is 2.74. The van der Waals surface area contributed by atoms with Crippen molar-refractivity contribution in [2.45, 2.75) is 26.2 Å². The summed E-state index contributed by atoms with van der Waals surface area (Å²) in [6.45, 7) is 1.62. The van der Waals surface area contributed by atoms with Crippen LogP contribution in [-0.2, 0) is 9.59 Å². The minimum absolute atomic E-state index is 0.0475. The Balaban J connectivity index is 0.000000311. The minimum atomic E-state index is -1.10. The van der Waals surface area contributed by atoms with E-state index in [9.17, 15) is 29.3 Å². The maximum atomic E-state index is 11.7. The number of carboxylic acid groups (broad SMARTS) is 2. The summed E-state index contributed by atoms with van der Waals surface area (Å²) in [5, 5.41) is 27.6. The van der Waals surface area contributed by atoms with Gasteiger partial charge in [0, 0.05) is 28.4 Å². The van der Waals surface area contributed by atoms with E-state index in [1.165, 1.54) is 24.3 Å². The molecule has 10 heteroatoms. The Hall–Kier alpha value is -3.40. The Morgan fingerprint density at radius 2 is 1.55 bits per heavy atom. The zero-order chi connectivity index (χ0) is 23.6. The first-order valence-corrected chi connectivity index (χ1v) is 9.82. The SMILES string of the molecule is CC(CC(=O)O)C(=O)c1ccc(Br)cc1.O=C(O)CCC(=O)c1ccccc1[N+](=O)[O-]. The zero-order valence-electron chi connectivity index (χ0n) is 16.5. The quantitative estimate of drug-likeness (QED) is 0.296. The van der Waals surface area contributed by atoms with Gasteiger partial charge in [0.1, 0.15) is 0 Å². The molecule has 31 heavy (non-hydrogen) atoms. The number of hydrogen-bond donors (Lipinski definition) is 2. The molecule has 0 aliphatic rings. The predicted molar refractivity (Wildman–Crippen MR) is 114 cm³/mol. The summed E-state index contributed by atoms with van der Waals surface area (Å²) in [6, 6.07) is 12.4. The third-order valence-corrected chi connectivity index (χ3v) is 4.55. The molecule has 0 spiro atoms. The summed E-state index contributed by atoms with van der Waals surface area (Å²) in [5.41, 5.74) is 0.207. The van der Waals surface area contributed by atoms with Crippen LogP contribution in [0.4, 0.5) is 5.69 Å². The van der Waals surface area contributed by atoms with Crippen LogP contribution in [-0.4, -0.2) is 38.6 Å². The number of nitro benzene ring substituents is 1. The molecule has 9 nitrogen and oxygen atoms in total. The summed E-state index contributed by atoms with van der Waals surface area (Å²) < 4.78 is 0.893. The van der Waals surface area contributed by atoms with E-state index in [-0.39, 0.29) is 36.3 Å². The highest BCUT2D eigenvalue weighted by molar-refractivity contribution is 9.10. The smallest absolute Gasteiger partial charge is 0.304 e. The second-order valence-electron chi connectivity index (χ2n) is 6.46. The molecule has 164 valence electrons. The third kappa shape index (κ3) is 8.87. The number of rotatable bonds is 9. The number of carboxylic acids is 2. The number of hydrogen-bond acceptors (Lipinski definition) is 6. The van der Waals surface area contributed by atoms with Gasteiger partial charge in [-0.2, -0.15) is 0 Å². The van der Waals surface area contributed by atoms with Crippen LogP contribution in [0.2, 0.25) is 0 Å². The van der Waals surface area contributed by atoms with Gasteiger partial charge in [0.2, 0.25) is 0 Å². The molecule has 2 N–H and O–H groups in total. The van der Waals surface area contributed by atoms with Crippen molar-refractivity contribution in [2.24, 2.45) is 5.92 Å². The topological polar surface area (TPSA) is 152 Å². The second kappa shape index (κ2) is 12.3. The monoisotopic (exact) mass is 493 g/mol. The van der Waals surface area contributed by atoms with Crippen LogP contribution >= 0.6 is 15.9 Å². The summed E-state index contributed by atoms with van der Waals surface area (Å²) in [7, 11) is 0. The van der Waals surface area contributed by atoms with Gasteiger partial charge < -0.3 is 10.2 Å². The van der Waals surface area contributed by atoms with Crippen LogP contribution in [0.15, 0.2) is 53.0 Å². The molecular weight excluding hydrogens is 474 g/mol. The summed E-state index contributed by atoms with van der Waals surface area (Å²) in [5.74, 6) is -3.21. The Morgan fingerprint density at radius 3 is 2.06 bits per heavy atom. The number of aliphatic carboxylic acids is 2. The van der Waals surface area contributed by atoms with Gasteiger partial charge in [-0.1, -0.05) is 47.1 Å². The summed E-state index contributed by atoms with van der Waals surface area (Å²) >= 11 is 3.27. The van der Waals surface area contributed by atoms with Crippen LogP contribution < -0.4 is 0 Å². The van der Waals surface area contributed by atoms with Gasteiger partial charge in [-0.05, 0) is 18.2 Å². The van der Waals surface area contributed by atoms with Gasteiger partial charge in [0.05, 0.1) is 23.3 Å². The van der Waals surface area contributed by atoms with Crippen molar-refractivity contribution in [2.75, 3.05) is 0 Å². The van der Waals surface area contributed by atoms with Gasteiger partial charge in [-0.15, -0.1) is 0 Å². The molecule has 0 aromatic heterocycles. The fraction of sp³-hybridized carbons (Fsp3) is 0.238. The molecule has 0 fully saturated rings. The highest BCUT2D eigenvalue weighted by atomic mass is 79.9. The highest BCUT2D eigenvalue weighted by Crippen LogP contribution is 2.19. The molecule has 0 radical (unpaired) electrons. The van der Waals surface area contributed by atoms with E-state index in [1.54, 1.807) is 31.2 Å². The second-order valence-corrected chi connectivity index (χ2v) is 7.38. The van der Waals surface area contributed by atoms with Crippen LogP contribution in [0.3, 0.4) is 0 Å². The average molecular weight is 494 g/mol. The van der Waals surface area contributed by atoms with Crippen molar-refractivity contribution >= 4 is 45.1 Å². The maximum absolute atomic E-state index is 11.7. The van der Waals surface area contributed by atoms with E-state index >= 15 is 0 Å². The van der Waals surface area contributed by atoms with Crippen LogP contribution in [0.25, 0.3) is 0 Å². The summed E-state index contributed by atoms with van der Waals surface area (Å²) in [4.78, 5) is 53.9. The van der Waals surface area contributed by atoms with Crippen LogP contribution in [0.1, 0.15) is 46.9 Å². The first-order chi connectivity index (χ1) is 14.5. The maximum Gasteiger partial charge on any atom is 0.304 e. The fourth-order valence-electron chi connectivity index (χ4n) is 2.48. The molecule has 0 aliphatic carbocycles. The first kappa shape index (κ1) is 25.6. The number of ketones is 2. The number of halogens is 1. The van der Waals surface area contributed by atoms with Gasteiger partial charge in [0.15, 0.2) is 11.6 Å². The predicted octanol–water partition coefficient (Wildman–Crippen LogP) is 4.38. The van der Waals surface area contributed by atoms with Gasteiger partial charge in [-0.3, -0.25) is 29.3 Å². The minimum Gasteiger partial charge on any atom is -0.481 e. The van der Waals surface area contributed by atoms with Crippen molar-refractivity contribution in [1.82, 2.24) is 0 Å². The van der Waals surface area contributed by atoms with Crippen LogP contribution in [0.5, 0.6) is 0 Å². The molecule has 0 saturated carbocycles. The van der Waals surface area contributed by atoms with Crippen molar-refractivity contribution < 1.29 is 34.3 Å². The molecule has 1 atom stereocenters. The van der Waals surface area contributed by atoms with Gasteiger partial charge in [0.25, 0.3) is 5.69 Å². The summed E-state index contributed by atoms with van der Waals surface area (Å²) in [6.07, 6.45) is -0.694. The highest BCUT2D eigenvalue weighted by Gasteiger charge is 2.19. The Bertz CT molecular complexity index is 972. The third-order valence-electron chi connectivity index (χ3n) is 4.02. The Morgan fingerprint density at radius 1 is 0.968 bits per heavy atom. The number of carbonyl (C=O) groups excluding carboxylic acids is 2. The molecule has 2 rings (SSSR count). The van der Waals surface area contributed by atoms with Crippen molar-refractivity contribution in [3.8, 4) is 0 Å². The van der Waals surface area contributed by atoms with Crippen LogP contribution in [0, 0.1) is 16.0 Å². The molecule has 2 aromatic carbocycles. The average Bonchev–Trinajstić information content (AvgIpc) is 2.72. The molecule has 2 aromatic rings. The molecule has 0 heterocycles. The number of nitro groups is 1. The zero-order valence-corrected chi connectivity index (χ0v) is 18.1. The van der Waals surface area contributed by atoms with E-state index in [2.05, 4.69) is 15.9 Å². The molecule has 0 saturated heterocycles. The number of para-hydroxylation sites is 1. The van der Waals surface area contributed by atoms with Crippen molar-refractivity contribution in [3.63, 3.8) is 0 Å². The molecular formula is C21H20BrNO8. The molecule has 1 unspecified atom stereocenters. The molecule has 0 bridgehead atoms. The normalized spacial score (nSPS) is 10.9. The number of benzene rings is 2. The molecule has 0 amide bonds. The van der Waals surface area contributed by atoms with Gasteiger partial charge in [-0.25, -0.2) is 0 Å².